The van der Waals surface area contributed by atoms with Crippen molar-refractivity contribution in [2.75, 3.05) is 32.2 Å². The van der Waals surface area contributed by atoms with Gasteiger partial charge in [-0.2, -0.15) is 0 Å². The first-order chi connectivity index (χ1) is 13.7. The molecule has 0 fully saturated rings. The number of aromatic nitrogens is 1. The Bertz CT molecular complexity index is 833. The van der Waals surface area contributed by atoms with Crippen molar-refractivity contribution in [3.8, 4) is 22.6 Å². The van der Waals surface area contributed by atoms with Gasteiger partial charge in [-0.25, -0.2) is 0 Å². The highest BCUT2D eigenvalue weighted by Crippen LogP contribution is 2.42. The number of carbonyl (C=O) groups is 2. The summed E-state index contributed by atoms with van der Waals surface area (Å²) < 4.78 is 11.6. The average molecular weight is 402 g/mol. The Morgan fingerprint density at radius 2 is 1.34 bits per heavy atom. The second-order valence-electron chi connectivity index (χ2n) is 6.74. The molecule has 156 valence electrons. The summed E-state index contributed by atoms with van der Waals surface area (Å²) in [7, 11) is 3.88. The fourth-order valence-electron chi connectivity index (χ4n) is 2.84. The summed E-state index contributed by atoms with van der Waals surface area (Å²) in [6.45, 7) is 3.53. The lowest BCUT2D eigenvalue weighted by Crippen LogP contribution is -2.11. The average Bonchev–Trinajstić information content (AvgIpc) is 2.64. The minimum atomic E-state index is -0.961. The fourth-order valence-corrected chi connectivity index (χ4v) is 2.84. The molecule has 0 aliphatic rings. The Morgan fingerprint density at radius 3 is 1.72 bits per heavy atom. The van der Waals surface area contributed by atoms with E-state index >= 15 is 0 Å². The van der Waals surface area contributed by atoms with E-state index < -0.39 is 11.9 Å². The van der Waals surface area contributed by atoms with Crippen LogP contribution in [0.25, 0.3) is 11.1 Å². The Kier molecular flexibility index (Phi) is 7.41. The molecule has 0 amide bonds. The summed E-state index contributed by atoms with van der Waals surface area (Å²) in [6, 6.07) is 7.72. The van der Waals surface area contributed by atoms with Crippen LogP contribution in [-0.2, 0) is 9.59 Å². The number of carboxylic acid groups (broad SMARTS) is 2. The van der Waals surface area contributed by atoms with Gasteiger partial charge in [-0.15, -0.1) is 0 Å². The Morgan fingerprint density at radius 1 is 0.897 bits per heavy atom. The highest BCUT2D eigenvalue weighted by molar-refractivity contribution is 5.79. The van der Waals surface area contributed by atoms with Gasteiger partial charge in [0.2, 0.25) is 0 Å². The normalized spacial score (nSPS) is 10.5. The van der Waals surface area contributed by atoms with Gasteiger partial charge < -0.3 is 24.6 Å². The molecule has 8 nitrogen and oxygen atoms in total. The zero-order valence-corrected chi connectivity index (χ0v) is 17.1. The van der Waals surface area contributed by atoms with Gasteiger partial charge in [-0.05, 0) is 31.5 Å². The predicted octanol–water partition coefficient (Wildman–Crippen LogP) is 3.14. The van der Waals surface area contributed by atoms with E-state index in [0.29, 0.717) is 28.5 Å². The Hall–Kier alpha value is -3.29. The van der Waals surface area contributed by atoms with Crippen LogP contribution in [-0.4, -0.2) is 54.4 Å². The highest BCUT2D eigenvalue weighted by atomic mass is 16.5. The van der Waals surface area contributed by atoms with E-state index in [1.54, 1.807) is 13.8 Å². The number of carboxylic acids is 2. The molecule has 0 bridgehead atoms. The molecule has 0 saturated heterocycles. The molecule has 0 unspecified atom stereocenters. The molecule has 8 heteroatoms. The first-order valence-electron chi connectivity index (χ1n) is 9.18. The van der Waals surface area contributed by atoms with Crippen LogP contribution in [0, 0.1) is 13.8 Å². The third-order valence-electron chi connectivity index (χ3n) is 4.24. The summed E-state index contributed by atoms with van der Waals surface area (Å²) in [5, 5.41) is 17.8. The van der Waals surface area contributed by atoms with Crippen molar-refractivity contribution in [3.05, 3.63) is 35.7 Å². The standard InChI is InChI=1S/C21H26N2O6/c1-13-20(28-11-9-17(24)25)19(15-5-7-16(8-6-15)23(3)4)21(14(2)22-13)29-12-10-18(26)27/h5-8H,9-12H2,1-4H3,(H,24,25)(H,26,27). The number of ether oxygens (including phenoxy) is 2. The van der Waals surface area contributed by atoms with Crippen molar-refractivity contribution in [1.82, 2.24) is 4.98 Å². The molecule has 1 aromatic heterocycles. The number of rotatable bonds is 10. The van der Waals surface area contributed by atoms with Gasteiger partial charge in [0.1, 0.15) is 0 Å². The Balaban J connectivity index is 2.52. The lowest BCUT2D eigenvalue weighted by Gasteiger charge is -2.20. The summed E-state index contributed by atoms with van der Waals surface area (Å²) in [6.07, 6.45) is -0.303. The molecule has 0 aliphatic carbocycles. The van der Waals surface area contributed by atoms with Crippen LogP contribution >= 0.6 is 0 Å². The fraction of sp³-hybridized carbons (Fsp3) is 0.381. The predicted molar refractivity (Wildman–Crippen MR) is 109 cm³/mol. The van der Waals surface area contributed by atoms with Gasteiger partial charge in [0.25, 0.3) is 0 Å². The quantitative estimate of drug-likeness (QED) is 0.624. The molecular formula is C21H26N2O6. The van der Waals surface area contributed by atoms with Crippen LogP contribution < -0.4 is 14.4 Å². The smallest absolute Gasteiger partial charge is 0.306 e. The summed E-state index contributed by atoms with van der Waals surface area (Å²) in [5.74, 6) is -1.06. The van der Waals surface area contributed by atoms with E-state index in [-0.39, 0.29) is 26.1 Å². The van der Waals surface area contributed by atoms with E-state index in [1.165, 1.54) is 0 Å². The number of aryl methyl sites for hydroxylation is 2. The molecule has 0 atom stereocenters. The summed E-state index contributed by atoms with van der Waals surface area (Å²) in [5.41, 5.74) is 3.66. The number of hydrogen-bond donors (Lipinski definition) is 2. The maximum absolute atomic E-state index is 10.9. The topological polar surface area (TPSA) is 109 Å². The monoisotopic (exact) mass is 402 g/mol. The highest BCUT2D eigenvalue weighted by Gasteiger charge is 2.21. The van der Waals surface area contributed by atoms with E-state index in [4.69, 9.17) is 19.7 Å². The van der Waals surface area contributed by atoms with Crippen molar-refractivity contribution in [1.29, 1.82) is 0 Å². The van der Waals surface area contributed by atoms with Gasteiger partial charge in [0.05, 0.1) is 43.0 Å². The molecule has 0 radical (unpaired) electrons. The molecule has 1 aromatic carbocycles. The van der Waals surface area contributed by atoms with Crippen molar-refractivity contribution >= 4 is 17.6 Å². The van der Waals surface area contributed by atoms with Gasteiger partial charge in [0, 0.05) is 19.8 Å². The molecule has 29 heavy (non-hydrogen) atoms. The van der Waals surface area contributed by atoms with E-state index in [0.717, 1.165) is 11.3 Å². The summed E-state index contributed by atoms with van der Waals surface area (Å²) >= 11 is 0. The maximum atomic E-state index is 10.9. The van der Waals surface area contributed by atoms with Crippen LogP contribution in [0.3, 0.4) is 0 Å². The third-order valence-corrected chi connectivity index (χ3v) is 4.24. The first-order valence-corrected chi connectivity index (χ1v) is 9.18. The van der Waals surface area contributed by atoms with Gasteiger partial charge in [-0.1, -0.05) is 12.1 Å². The zero-order chi connectivity index (χ0) is 21.6. The van der Waals surface area contributed by atoms with Gasteiger partial charge >= 0.3 is 11.9 Å². The molecule has 1 heterocycles. The third kappa shape index (κ3) is 5.84. The van der Waals surface area contributed by atoms with E-state index in [1.807, 2.05) is 43.3 Å². The second kappa shape index (κ2) is 9.77. The number of hydrogen-bond acceptors (Lipinski definition) is 6. The summed E-state index contributed by atoms with van der Waals surface area (Å²) in [4.78, 5) is 28.2. The maximum Gasteiger partial charge on any atom is 0.306 e. The van der Waals surface area contributed by atoms with Crippen LogP contribution in [0.1, 0.15) is 24.2 Å². The molecule has 0 spiro atoms. The van der Waals surface area contributed by atoms with Crippen LogP contribution in [0.5, 0.6) is 11.5 Å². The molecule has 0 saturated carbocycles. The SMILES string of the molecule is Cc1nc(C)c(OCCC(=O)O)c(-c2ccc(N(C)C)cc2)c1OCCC(=O)O. The zero-order valence-electron chi connectivity index (χ0n) is 17.1. The lowest BCUT2D eigenvalue weighted by atomic mass is 10.0. The molecule has 2 aromatic rings. The Labute approximate surface area is 169 Å². The minimum absolute atomic E-state index is 0.0156. The van der Waals surface area contributed by atoms with Crippen molar-refractivity contribution in [3.63, 3.8) is 0 Å². The number of aliphatic carboxylic acids is 2. The number of anilines is 1. The first kappa shape index (κ1) is 22.0. The van der Waals surface area contributed by atoms with Crippen molar-refractivity contribution in [2.45, 2.75) is 26.7 Å². The van der Waals surface area contributed by atoms with Gasteiger partial charge in [0.15, 0.2) is 11.5 Å². The van der Waals surface area contributed by atoms with Gasteiger partial charge in [-0.3, -0.25) is 14.6 Å². The minimum Gasteiger partial charge on any atom is -0.490 e. The number of benzene rings is 1. The number of pyridine rings is 1. The van der Waals surface area contributed by atoms with E-state index in [2.05, 4.69) is 4.98 Å². The largest absolute Gasteiger partial charge is 0.490 e. The lowest BCUT2D eigenvalue weighted by molar-refractivity contribution is -0.138. The molecule has 2 rings (SSSR count). The molecule has 2 N–H and O–H groups in total. The molecule has 0 aliphatic heterocycles. The van der Waals surface area contributed by atoms with Crippen molar-refractivity contribution in [2.24, 2.45) is 0 Å². The van der Waals surface area contributed by atoms with E-state index in [9.17, 15) is 9.59 Å². The number of nitrogens with zero attached hydrogens (tertiary/aromatic N) is 2. The van der Waals surface area contributed by atoms with Crippen LogP contribution in [0.4, 0.5) is 5.69 Å². The van der Waals surface area contributed by atoms with Crippen molar-refractivity contribution < 1.29 is 29.3 Å². The van der Waals surface area contributed by atoms with Crippen LogP contribution in [0.15, 0.2) is 24.3 Å². The van der Waals surface area contributed by atoms with Crippen LogP contribution in [0.2, 0.25) is 0 Å². The molecular weight excluding hydrogens is 376 g/mol. The second-order valence-corrected chi connectivity index (χ2v) is 6.74.